The van der Waals surface area contributed by atoms with Crippen molar-refractivity contribution in [1.82, 2.24) is 15.2 Å². The SMILES string of the molecule is CCCNC(=O)CN1CCC(Nc2ncc(Cl)cc2F)CC1. The summed E-state index contributed by atoms with van der Waals surface area (Å²) in [6.45, 7) is 4.80. The minimum atomic E-state index is -0.436. The van der Waals surface area contributed by atoms with Crippen LogP contribution in [0.1, 0.15) is 26.2 Å². The van der Waals surface area contributed by atoms with Crippen molar-refractivity contribution in [2.75, 3.05) is 31.5 Å². The van der Waals surface area contributed by atoms with Crippen LogP contribution < -0.4 is 10.6 Å². The number of hydrogen-bond acceptors (Lipinski definition) is 4. The largest absolute Gasteiger partial charge is 0.365 e. The van der Waals surface area contributed by atoms with Gasteiger partial charge in [-0.25, -0.2) is 9.37 Å². The third-order valence-electron chi connectivity index (χ3n) is 3.68. The van der Waals surface area contributed by atoms with Gasteiger partial charge in [-0.3, -0.25) is 9.69 Å². The monoisotopic (exact) mass is 328 g/mol. The van der Waals surface area contributed by atoms with Gasteiger partial charge in [-0.15, -0.1) is 0 Å². The molecule has 0 atom stereocenters. The van der Waals surface area contributed by atoms with Gasteiger partial charge in [-0.2, -0.15) is 0 Å². The summed E-state index contributed by atoms with van der Waals surface area (Å²) >= 11 is 5.69. The molecule has 22 heavy (non-hydrogen) atoms. The molecule has 1 aliphatic heterocycles. The zero-order valence-electron chi connectivity index (χ0n) is 12.7. The lowest BCUT2D eigenvalue weighted by Crippen LogP contribution is -2.44. The Morgan fingerprint density at radius 3 is 2.86 bits per heavy atom. The molecule has 2 rings (SSSR count). The molecule has 0 radical (unpaired) electrons. The standard InChI is InChI=1S/C15H22ClFN4O/c1-2-5-18-14(22)10-21-6-3-12(4-7-21)20-15-13(17)8-11(16)9-19-15/h8-9,12H,2-7,10H2,1H3,(H,18,22)(H,19,20). The van der Waals surface area contributed by atoms with Crippen molar-refractivity contribution >= 4 is 23.3 Å². The van der Waals surface area contributed by atoms with Crippen molar-refractivity contribution in [2.24, 2.45) is 0 Å². The van der Waals surface area contributed by atoms with Gasteiger partial charge in [0.15, 0.2) is 11.6 Å². The lowest BCUT2D eigenvalue weighted by molar-refractivity contribution is -0.122. The second-order valence-electron chi connectivity index (χ2n) is 5.53. The van der Waals surface area contributed by atoms with Gasteiger partial charge in [0.25, 0.3) is 0 Å². The molecule has 1 fully saturated rings. The summed E-state index contributed by atoms with van der Waals surface area (Å²) in [5.41, 5.74) is 0. The van der Waals surface area contributed by atoms with E-state index in [0.717, 1.165) is 38.9 Å². The van der Waals surface area contributed by atoms with Crippen LogP contribution >= 0.6 is 11.6 Å². The Morgan fingerprint density at radius 1 is 1.50 bits per heavy atom. The summed E-state index contributed by atoms with van der Waals surface area (Å²) in [5.74, 6) is -0.129. The fourth-order valence-electron chi connectivity index (χ4n) is 2.47. The quantitative estimate of drug-likeness (QED) is 0.841. The number of aromatic nitrogens is 1. The van der Waals surface area contributed by atoms with Crippen LogP contribution in [0.4, 0.5) is 10.2 Å². The zero-order chi connectivity index (χ0) is 15.9. The smallest absolute Gasteiger partial charge is 0.234 e. The Morgan fingerprint density at radius 2 is 2.23 bits per heavy atom. The van der Waals surface area contributed by atoms with E-state index in [9.17, 15) is 9.18 Å². The minimum Gasteiger partial charge on any atom is -0.365 e. The molecule has 0 unspecified atom stereocenters. The van der Waals surface area contributed by atoms with Crippen LogP contribution in [0, 0.1) is 5.82 Å². The highest BCUT2D eigenvalue weighted by Gasteiger charge is 2.21. The van der Waals surface area contributed by atoms with Crippen molar-refractivity contribution in [1.29, 1.82) is 0 Å². The summed E-state index contributed by atoms with van der Waals surface area (Å²) < 4.78 is 13.7. The van der Waals surface area contributed by atoms with Crippen molar-refractivity contribution in [3.8, 4) is 0 Å². The van der Waals surface area contributed by atoms with E-state index in [-0.39, 0.29) is 22.8 Å². The first kappa shape index (κ1) is 17.0. The van der Waals surface area contributed by atoms with E-state index >= 15 is 0 Å². The average Bonchev–Trinajstić information content (AvgIpc) is 2.50. The molecule has 1 amide bonds. The molecule has 7 heteroatoms. The summed E-state index contributed by atoms with van der Waals surface area (Å²) in [6.07, 6.45) is 4.08. The number of amides is 1. The predicted molar refractivity (Wildman–Crippen MR) is 85.6 cm³/mol. The van der Waals surface area contributed by atoms with Crippen LogP contribution in [-0.2, 0) is 4.79 Å². The van der Waals surface area contributed by atoms with Gasteiger partial charge in [-0.1, -0.05) is 18.5 Å². The fraction of sp³-hybridized carbons (Fsp3) is 0.600. The number of carbonyl (C=O) groups is 1. The van der Waals surface area contributed by atoms with Crippen molar-refractivity contribution in [2.45, 2.75) is 32.2 Å². The third-order valence-corrected chi connectivity index (χ3v) is 3.88. The molecule has 122 valence electrons. The van der Waals surface area contributed by atoms with Gasteiger partial charge in [0.05, 0.1) is 11.6 Å². The van der Waals surface area contributed by atoms with Crippen LogP contribution in [0.25, 0.3) is 0 Å². The van der Waals surface area contributed by atoms with Crippen molar-refractivity contribution in [3.63, 3.8) is 0 Å². The van der Waals surface area contributed by atoms with Crippen molar-refractivity contribution < 1.29 is 9.18 Å². The number of nitrogens with zero attached hydrogens (tertiary/aromatic N) is 2. The van der Waals surface area contributed by atoms with Gasteiger partial charge < -0.3 is 10.6 Å². The van der Waals surface area contributed by atoms with Crippen molar-refractivity contribution in [3.05, 3.63) is 23.1 Å². The molecule has 0 aliphatic carbocycles. The minimum absolute atomic E-state index is 0.0682. The molecule has 1 aromatic heterocycles. The van der Waals surface area contributed by atoms with Crippen LogP contribution in [0.3, 0.4) is 0 Å². The molecule has 0 saturated carbocycles. The molecule has 0 spiro atoms. The molecular formula is C15H22ClFN4O. The lowest BCUT2D eigenvalue weighted by atomic mass is 10.1. The Hall–Kier alpha value is -1.40. The Labute approximate surface area is 135 Å². The number of anilines is 1. The lowest BCUT2D eigenvalue weighted by Gasteiger charge is -2.32. The maximum Gasteiger partial charge on any atom is 0.234 e. The number of hydrogen-bond donors (Lipinski definition) is 2. The topological polar surface area (TPSA) is 57.3 Å². The van der Waals surface area contributed by atoms with Gasteiger partial charge >= 0.3 is 0 Å². The second-order valence-corrected chi connectivity index (χ2v) is 5.97. The number of piperidine rings is 1. The van der Waals surface area contributed by atoms with E-state index in [1.807, 2.05) is 6.92 Å². The number of halogens is 2. The van der Waals surface area contributed by atoms with Crippen LogP contribution in [0.2, 0.25) is 5.02 Å². The van der Waals surface area contributed by atoms with E-state index in [1.54, 1.807) is 0 Å². The van der Waals surface area contributed by atoms with E-state index < -0.39 is 5.82 Å². The number of likely N-dealkylation sites (tertiary alicyclic amines) is 1. The third kappa shape index (κ3) is 5.10. The normalized spacial score (nSPS) is 16.5. The maximum atomic E-state index is 13.7. The summed E-state index contributed by atoms with van der Waals surface area (Å²) in [6, 6.07) is 1.42. The molecule has 1 aromatic rings. The van der Waals surface area contributed by atoms with Gasteiger partial charge in [0, 0.05) is 31.9 Å². The first-order valence-electron chi connectivity index (χ1n) is 7.65. The summed E-state index contributed by atoms with van der Waals surface area (Å²) in [4.78, 5) is 17.8. The second kappa shape index (κ2) is 8.29. The molecular weight excluding hydrogens is 307 g/mol. The van der Waals surface area contributed by atoms with Crippen LogP contribution in [0.15, 0.2) is 12.3 Å². The van der Waals surface area contributed by atoms with Gasteiger partial charge in [0.1, 0.15) is 0 Å². The highest BCUT2D eigenvalue weighted by atomic mass is 35.5. The summed E-state index contributed by atoms with van der Waals surface area (Å²) in [5, 5.41) is 6.28. The number of rotatable bonds is 6. The predicted octanol–water partition coefficient (Wildman–Crippen LogP) is 2.28. The van der Waals surface area contributed by atoms with E-state index in [4.69, 9.17) is 11.6 Å². The molecule has 1 saturated heterocycles. The molecule has 5 nitrogen and oxygen atoms in total. The van der Waals surface area contributed by atoms with E-state index in [0.29, 0.717) is 6.54 Å². The highest BCUT2D eigenvalue weighted by Crippen LogP contribution is 2.19. The highest BCUT2D eigenvalue weighted by molar-refractivity contribution is 6.30. The van der Waals surface area contributed by atoms with Crippen LogP contribution in [0.5, 0.6) is 0 Å². The maximum absolute atomic E-state index is 13.7. The fourth-order valence-corrected chi connectivity index (χ4v) is 2.62. The van der Waals surface area contributed by atoms with Gasteiger partial charge in [0.2, 0.25) is 5.91 Å². The first-order chi connectivity index (χ1) is 10.6. The number of nitrogens with one attached hydrogen (secondary N) is 2. The summed E-state index contributed by atoms with van der Waals surface area (Å²) in [7, 11) is 0. The number of pyridine rings is 1. The first-order valence-corrected chi connectivity index (χ1v) is 8.03. The average molecular weight is 329 g/mol. The molecule has 0 aromatic carbocycles. The Kier molecular flexibility index (Phi) is 6.39. The molecule has 2 heterocycles. The van der Waals surface area contributed by atoms with E-state index in [1.165, 1.54) is 12.3 Å². The molecule has 0 bridgehead atoms. The Bertz CT molecular complexity index is 506. The van der Waals surface area contributed by atoms with Gasteiger partial charge in [-0.05, 0) is 25.3 Å². The Balaban J connectivity index is 1.76. The zero-order valence-corrected chi connectivity index (χ0v) is 13.5. The van der Waals surface area contributed by atoms with Crippen LogP contribution in [-0.4, -0.2) is 48.0 Å². The van der Waals surface area contributed by atoms with E-state index in [2.05, 4.69) is 20.5 Å². The molecule has 1 aliphatic rings. The number of carbonyl (C=O) groups excluding carboxylic acids is 1. The molecule has 2 N–H and O–H groups in total.